The first kappa shape index (κ1) is 16.5. The second-order valence-electron chi connectivity index (χ2n) is 5.83. The third-order valence-electron chi connectivity index (χ3n) is 3.78. The number of anilines is 1. The molecule has 0 spiro atoms. The molecule has 1 amide bonds. The second kappa shape index (κ2) is 7.12. The van der Waals surface area contributed by atoms with Crippen molar-refractivity contribution >= 4 is 11.6 Å². The molecule has 0 aliphatic carbocycles. The number of amides is 1. The van der Waals surface area contributed by atoms with Crippen LogP contribution in [-0.2, 0) is 11.3 Å². The average Bonchev–Trinajstić information content (AvgIpc) is 3.33. The zero-order chi connectivity index (χ0) is 18.6. The Kier molecular flexibility index (Phi) is 4.35. The van der Waals surface area contributed by atoms with Crippen molar-refractivity contribution in [2.75, 3.05) is 5.32 Å². The lowest BCUT2D eigenvalue weighted by Crippen LogP contribution is -2.20. The molecule has 0 aliphatic rings. The van der Waals surface area contributed by atoms with Crippen LogP contribution in [0.5, 0.6) is 0 Å². The Hall–Kier alpha value is -3.95. The molecule has 2 aromatic heterocycles. The first-order valence-corrected chi connectivity index (χ1v) is 8.16. The Bertz CT molecular complexity index is 1070. The number of aryl methyl sites for hydroxylation is 1. The van der Waals surface area contributed by atoms with Crippen molar-refractivity contribution < 1.29 is 4.79 Å². The van der Waals surface area contributed by atoms with Crippen LogP contribution in [0.15, 0.2) is 54.9 Å². The third kappa shape index (κ3) is 3.68. The van der Waals surface area contributed by atoms with Crippen molar-refractivity contribution in [2.24, 2.45) is 0 Å². The van der Waals surface area contributed by atoms with Gasteiger partial charge in [0.25, 0.3) is 0 Å². The van der Waals surface area contributed by atoms with Gasteiger partial charge in [-0.25, -0.2) is 0 Å². The molecule has 0 bridgehead atoms. The van der Waals surface area contributed by atoms with E-state index in [2.05, 4.69) is 36.3 Å². The maximum absolute atomic E-state index is 12.2. The van der Waals surface area contributed by atoms with Crippen LogP contribution in [0.4, 0.5) is 5.69 Å². The molecule has 4 rings (SSSR count). The molecule has 0 saturated heterocycles. The first-order valence-electron chi connectivity index (χ1n) is 8.16. The van der Waals surface area contributed by atoms with Crippen LogP contribution in [0.2, 0.25) is 0 Å². The van der Waals surface area contributed by atoms with E-state index < -0.39 is 0 Å². The molecule has 0 saturated carbocycles. The van der Waals surface area contributed by atoms with Crippen LogP contribution < -0.4 is 5.32 Å². The van der Waals surface area contributed by atoms with E-state index in [4.69, 9.17) is 0 Å². The summed E-state index contributed by atoms with van der Waals surface area (Å²) in [4.78, 5) is 13.5. The Labute approximate surface area is 153 Å². The van der Waals surface area contributed by atoms with Crippen LogP contribution in [0, 0.1) is 6.92 Å². The maximum Gasteiger partial charge on any atom is 0.248 e. The highest BCUT2D eigenvalue weighted by atomic mass is 16.2. The van der Waals surface area contributed by atoms with E-state index in [1.54, 1.807) is 0 Å². The number of hydrogen-bond donors (Lipinski definition) is 1. The lowest BCUT2D eigenvalue weighted by atomic mass is 10.1. The number of nitrogens with one attached hydrogen (secondary N) is 1. The largest absolute Gasteiger partial charge is 0.324 e. The van der Waals surface area contributed by atoms with Gasteiger partial charge >= 0.3 is 0 Å². The predicted molar refractivity (Wildman–Crippen MR) is 95.8 cm³/mol. The highest BCUT2D eigenvalue weighted by Crippen LogP contribution is 2.21. The van der Waals surface area contributed by atoms with Gasteiger partial charge in [-0.1, -0.05) is 24.3 Å². The summed E-state index contributed by atoms with van der Waals surface area (Å²) in [7, 11) is 0. The Morgan fingerprint density at radius 2 is 2.00 bits per heavy atom. The molecular weight excluding hydrogens is 346 g/mol. The predicted octanol–water partition coefficient (Wildman–Crippen LogP) is 1.26. The summed E-state index contributed by atoms with van der Waals surface area (Å²) in [6.45, 7) is 1.91. The lowest BCUT2D eigenvalue weighted by molar-refractivity contribution is -0.117. The van der Waals surface area contributed by atoms with E-state index in [-0.39, 0.29) is 12.5 Å². The fourth-order valence-corrected chi connectivity index (χ4v) is 2.60. The van der Waals surface area contributed by atoms with E-state index >= 15 is 0 Å². The third-order valence-corrected chi connectivity index (χ3v) is 3.78. The summed E-state index contributed by atoms with van der Waals surface area (Å²) in [6.07, 6.45) is 1.48. The second-order valence-corrected chi connectivity index (χ2v) is 5.83. The summed E-state index contributed by atoms with van der Waals surface area (Å²) in [5, 5.41) is 26.3. The van der Waals surface area contributed by atoms with Crippen molar-refractivity contribution in [1.82, 2.24) is 40.4 Å². The van der Waals surface area contributed by atoms with E-state index in [1.807, 2.05) is 55.5 Å². The number of carbonyl (C=O) groups is 1. The van der Waals surface area contributed by atoms with Crippen molar-refractivity contribution in [3.8, 4) is 17.1 Å². The zero-order valence-electron chi connectivity index (χ0n) is 14.4. The summed E-state index contributed by atoms with van der Waals surface area (Å²) in [6, 6.07) is 15.0. The van der Waals surface area contributed by atoms with Crippen molar-refractivity contribution in [2.45, 2.75) is 13.5 Å². The van der Waals surface area contributed by atoms with Gasteiger partial charge in [0.2, 0.25) is 11.7 Å². The van der Waals surface area contributed by atoms with Crippen LogP contribution in [-0.4, -0.2) is 46.3 Å². The highest BCUT2D eigenvalue weighted by Gasteiger charge is 2.14. The van der Waals surface area contributed by atoms with Crippen LogP contribution in [0.25, 0.3) is 17.1 Å². The summed E-state index contributed by atoms with van der Waals surface area (Å²) >= 11 is 0. The SMILES string of the molecule is Cc1cccc(NC(=O)Cn2nnc(-c3ccccc3-n3cnnn3)n2)c1. The van der Waals surface area contributed by atoms with Crippen molar-refractivity contribution in [3.05, 3.63) is 60.4 Å². The van der Waals surface area contributed by atoms with Gasteiger partial charge in [-0.15, -0.1) is 15.3 Å². The minimum atomic E-state index is -0.238. The fourth-order valence-electron chi connectivity index (χ4n) is 2.60. The molecule has 0 unspecified atom stereocenters. The molecule has 134 valence electrons. The number of rotatable bonds is 5. The van der Waals surface area contributed by atoms with E-state index in [1.165, 1.54) is 15.8 Å². The number of carbonyl (C=O) groups excluding carboxylic acids is 1. The summed E-state index contributed by atoms with van der Waals surface area (Å²) in [5.74, 6) is 0.141. The molecule has 2 heterocycles. The molecule has 0 radical (unpaired) electrons. The molecular formula is C17H15N9O. The Morgan fingerprint density at radius 1 is 1.11 bits per heavy atom. The van der Waals surface area contributed by atoms with Gasteiger partial charge in [-0.05, 0) is 52.4 Å². The minimum absolute atomic E-state index is 0.0476. The molecule has 2 aromatic carbocycles. The quantitative estimate of drug-likeness (QED) is 0.569. The van der Waals surface area contributed by atoms with Gasteiger partial charge < -0.3 is 5.32 Å². The van der Waals surface area contributed by atoms with Gasteiger partial charge in [0, 0.05) is 11.3 Å². The molecule has 0 atom stereocenters. The van der Waals surface area contributed by atoms with E-state index in [0.29, 0.717) is 17.1 Å². The number of nitrogens with zero attached hydrogens (tertiary/aromatic N) is 8. The standard InChI is InChI=1S/C17H15N9O/c1-12-5-4-6-13(9-12)19-16(27)10-26-21-17(20-23-26)14-7-2-3-8-15(14)25-11-18-22-24-25/h2-9,11H,10H2,1H3,(H,19,27). The first-order chi connectivity index (χ1) is 13.2. The zero-order valence-corrected chi connectivity index (χ0v) is 14.4. The van der Waals surface area contributed by atoms with Crippen LogP contribution >= 0.6 is 0 Å². The molecule has 10 nitrogen and oxygen atoms in total. The molecule has 0 fully saturated rings. The van der Waals surface area contributed by atoms with Crippen molar-refractivity contribution in [3.63, 3.8) is 0 Å². The van der Waals surface area contributed by atoms with Crippen molar-refractivity contribution in [1.29, 1.82) is 0 Å². The molecule has 27 heavy (non-hydrogen) atoms. The molecule has 0 aliphatic heterocycles. The van der Waals surface area contributed by atoms with Gasteiger partial charge in [0.1, 0.15) is 12.9 Å². The average molecular weight is 361 g/mol. The Morgan fingerprint density at radius 3 is 2.81 bits per heavy atom. The van der Waals surface area contributed by atoms with E-state index in [0.717, 1.165) is 11.3 Å². The molecule has 4 aromatic rings. The summed E-state index contributed by atoms with van der Waals surface area (Å²) < 4.78 is 1.51. The Balaban J connectivity index is 1.52. The number of aromatic nitrogens is 8. The van der Waals surface area contributed by atoms with Crippen LogP contribution in [0.3, 0.4) is 0 Å². The normalized spacial score (nSPS) is 10.7. The minimum Gasteiger partial charge on any atom is -0.324 e. The molecule has 1 N–H and O–H groups in total. The topological polar surface area (TPSA) is 116 Å². The van der Waals surface area contributed by atoms with Crippen LogP contribution in [0.1, 0.15) is 5.56 Å². The number of tetrazole rings is 2. The number of hydrogen-bond acceptors (Lipinski definition) is 7. The smallest absolute Gasteiger partial charge is 0.248 e. The number of para-hydroxylation sites is 1. The van der Waals surface area contributed by atoms with Gasteiger partial charge in [-0.2, -0.15) is 9.48 Å². The monoisotopic (exact) mass is 361 g/mol. The maximum atomic E-state index is 12.2. The van der Waals surface area contributed by atoms with Gasteiger partial charge in [-0.3, -0.25) is 4.79 Å². The highest BCUT2D eigenvalue weighted by molar-refractivity contribution is 5.90. The number of benzene rings is 2. The summed E-state index contributed by atoms with van der Waals surface area (Å²) in [5.41, 5.74) is 3.21. The molecule has 10 heteroatoms. The van der Waals surface area contributed by atoms with Gasteiger partial charge in [0.05, 0.1) is 5.69 Å². The fraction of sp³-hybridized carbons (Fsp3) is 0.118. The lowest BCUT2D eigenvalue weighted by Gasteiger charge is -2.05. The van der Waals surface area contributed by atoms with E-state index in [9.17, 15) is 4.79 Å². The van der Waals surface area contributed by atoms with Gasteiger partial charge in [0.15, 0.2) is 0 Å².